The fraction of sp³-hybridized carbons (Fsp3) is 0.189. The van der Waals surface area contributed by atoms with Crippen molar-refractivity contribution in [2.75, 3.05) is 11.4 Å². The van der Waals surface area contributed by atoms with E-state index in [1.54, 1.807) is 24.0 Å². The maximum absolute atomic E-state index is 14.2. The summed E-state index contributed by atoms with van der Waals surface area (Å²) in [4.78, 5) is 64.9. The molecule has 2 unspecified atom stereocenters. The number of carbonyl (C=O) groups excluding carboxylic acids is 2. The summed E-state index contributed by atoms with van der Waals surface area (Å²) in [5.41, 5.74) is 5.66. The minimum Gasteiger partial charge on any atom is -0.508 e. The van der Waals surface area contributed by atoms with E-state index in [0.29, 0.717) is 24.2 Å². The summed E-state index contributed by atoms with van der Waals surface area (Å²) < 4.78 is 1.31. The standard InChI is InChI=1S/C37H31N5O6/c1-20-16-24-14-15-41-32(24)28(17-20)31(23-6-4-3-5-7-23)40-33(36(41)46)42-21(2)38-29-19-25(10-13-27(29)35(42)45)34(44)39-30(37(47)48)18-22-8-11-26(43)12-9-22/h3-13,16-17,19,30,33,43H,14-15,18H2,1-2H3,(H,39,44)(H,47,48). The van der Waals surface area contributed by atoms with E-state index in [1.807, 2.05) is 43.3 Å². The quantitative estimate of drug-likeness (QED) is 0.242. The van der Waals surface area contributed by atoms with Crippen LogP contribution in [-0.2, 0) is 22.4 Å². The Labute approximate surface area is 274 Å². The van der Waals surface area contributed by atoms with Gasteiger partial charge in [-0.2, -0.15) is 0 Å². The molecule has 5 aromatic rings. The maximum Gasteiger partial charge on any atom is 0.326 e. The van der Waals surface area contributed by atoms with Crippen molar-refractivity contribution in [3.05, 3.63) is 134 Å². The van der Waals surface area contributed by atoms with E-state index >= 15 is 0 Å². The van der Waals surface area contributed by atoms with Gasteiger partial charge in [0.1, 0.15) is 17.6 Å². The molecule has 0 fully saturated rings. The molecule has 2 aliphatic heterocycles. The predicted octanol–water partition coefficient (Wildman–Crippen LogP) is 4.08. The molecule has 0 saturated carbocycles. The third kappa shape index (κ3) is 5.38. The lowest BCUT2D eigenvalue weighted by Crippen LogP contribution is -2.42. The van der Waals surface area contributed by atoms with Gasteiger partial charge in [0.25, 0.3) is 17.4 Å². The highest BCUT2D eigenvalue weighted by molar-refractivity contribution is 6.20. The van der Waals surface area contributed by atoms with Crippen molar-refractivity contribution >= 4 is 40.1 Å². The molecule has 48 heavy (non-hydrogen) atoms. The monoisotopic (exact) mass is 641 g/mol. The normalized spacial score (nSPS) is 15.9. The van der Waals surface area contributed by atoms with Crippen molar-refractivity contribution in [3.63, 3.8) is 0 Å². The highest BCUT2D eigenvalue weighted by Gasteiger charge is 2.38. The molecule has 240 valence electrons. The van der Waals surface area contributed by atoms with Crippen LogP contribution < -0.4 is 15.8 Å². The zero-order valence-electron chi connectivity index (χ0n) is 26.2. The van der Waals surface area contributed by atoms with Gasteiger partial charge in [-0.3, -0.25) is 19.0 Å². The molecule has 0 bridgehead atoms. The van der Waals surface area contributed by atoms with Gasteiger partial charge in [-0.15, -0.1) is 0 Å². The highest BCUT2D eigenvalue weighted by Crippen LogP contribution is 2.39. The predicted molar refractivity (Wildman–Crippen MR) is 180 cm³/mol. The van der Waals surface area contributed by atoms with Crippen molar-refractivity contribution < 1.29 is 24.6 Å². The van der Waals surface area contributed by atoms with Crippen LogP contribution in [0.15, 0.2) is 94.7 Å². The molecular weight excluding hydrogens is 610 g/mol. The van der Waals surface area contributed by atoms with Crippen molar-refractivity contribution in [3.8, 4) is 5.75 Å². The number of aliphatic carboxylic acids is 1. The first-order chi connectivity index (χ1) is 23.1. The molecule has 2 atom stereocenters. The number of carboxylic acid groups (broad SMARTS) is 1. The van der Waals surface area contributed by atoms with Crippen LogP contribution in [0.4, 0.5) is 5.69 Å². The van der Waals surface area contributed by atoms with Crippen LogP contribution in [0, 0.1) is 13.8 Å². The summed E-state index contributed by atoms with van der Waals surface area (Å²) in [6.07, 6.45) is -0.529. The fourth-order valence-electron chi connectivity index (χ4n) is 6.54. The van der Waals surface area contributed by atoms with Gasteiger partial charge in [0.2, 0.25) is 6.17 Å². The average Bonchev–Trinajstić information content (AvgIpc) is 3.45. The Balaban J connectivity index is 1.27. The summed E-state index contributed by atoms with van der Waals surface area (Å²) in [6.45, 7) is 4.10. The van der Waals surface area contributed by atoms with Crippen LogP contribution in [-0.4, -0.2) is 55.8 Å². The molecule has 0 spiro atoms. The topological polar surface area (TPSA) is 154 Å². The molecule has 7 rings (SSSR count). The van der Waals surface area contributed by atoms with Crippen molar-refractivity contribution in [2.24, 2.45) is 4.99 Å². The molecule has 0 aliphatic carbocycles. The van der Waals surface area contributed by atoms with Gasteiger partial charge >= 0.3 is 5.97 Å². The smallest absolute Gasteiger partial charge is 0.326 e. The van der Waals surface area contributed by atoms with E-state index in [1.165, 1.54) is 34.9 Å². The second-order valence-corrected chi connectivity index (χ2v) is 12.1. The minimum absolute atomic E-state index is 0.000146. The first kappa shape index (κ1) is 30.5. The summed E-state index contributed by atoms with van der Waals surface area (Å²) in [7, 11) is 0. The lowest BCUT2D eigenvalue weighted by atomic mass is 9.96. The molecule has 3 N–H and O–H groups in total. The molecule has 1 aromatic heterocycles. The number of fused-ring (bicyclic) bond motifs is 1. The molecule has 11 nitrogen and oxygen atoms in total. The van der Waals surface area contributed by atoms with Crippen LogP contribution in [0.5, 0.6) is 5.75 Å². The largest absolute Gasteiger partial charge is 0.508 e. The number of rotatable bonds is 7. The number of aliphatic imine (C=N–C) groups is 1. The Bertz CT molecular complexity index is 2230. The van der Waals surface area contributed by atoms with Crippen LogP contribution in [0.25, 0.3) is 10.9 Å². The van der Waals surface area contributed by atoms with E-state index in [2.05, 4.69) is 16.4 Å². The Morgan fingerprint density at radius 1 is 0.979 bits per heavy atom. The number of carbonyl (C=O) groups is 3. The summed E-state index contributed by atoms with van der Waals surface area (Å²) in [6, 6.07) is 22.8. The van der Waals surface area contributed by atoms with E-state index < -0.39 is 29.6 Å². The number of aromatic nitrogens is 2. The Hall–Kier alpha value is -6.10. The van der Waals surface area contributed by atoms with E-state index in [-0.39, 0.29) is 40.4 Å². The summed E-state index contributed by atoms with van der Waals surface area (Å²) in [5, 5.41) is 22.0. The second kappa shape index (κ2) is 11.9. The SMILES string of the molecule is Cc1cc2c3c(c1)C(c1ccccc1)=NC(n1c(C)nc4cc(C(=O)NC(Cc5ccc(O)cc5)C(=O)O)ccc4c1=O)C(=O)N3CC2. The Kier molecular flexibility index (Phi) is 7.59. The molecule has 4 aromatic carbocycles. The second-order valence-electron chi connectivity index (χ2n) is 12.1. The van der Waals surface area contributed by atoms with Gasteiger partial charge in [0.05, 0.1) is 22.3 Å². The Morgan fingerprint density at radius 3 is 2.46 bits per heavy atom. The number of aryl methyl sites for hydroxylation is 2. The number of hydrogen-bond donors (Lipinski definition) is 3. The highest BCUT2D eigenvalue weighted by atomic mass is 16.4. The maximum atomic E-state index is 14.2. The van der Waals surface area contributed by atoms with Crippen LogP contribution >= 0.6 is 0 Å². The molecule has 0 radical (unpaired) electrons. The first-order valence-electron chi connectivity index (χ1n) is 15.5. The minimum atomic E-state index is -1.24. The van der Waals surface area contributed by atoms with Crippen LogP contribution in [0.1, 0.15) is 50.2 Å². The van der Waals surface area contributed by atoms with Crippen molar-refractivity contribution in [1.82, 2.24) is 14.9 Å². The van der Waals surface area contributed by atoms with Crippen LogP contribution in [0.3, 0.4) is 0 Å². The number of nitrogens with one attached hydrogen (secondary N) is 1. The number of benzene rings is 4. The van der Waals surface area contributed by atoms with Crippen molar-refractivity contribution in [2.45, 2.75) is 38.9 Å². The lowest BCUT2D eigenvalue weighted by molar-refractivity contribution is -0.139. The molecule has 0 saturated heterocycles. The third-order valence-electron chi connectivity index (χ3n) is 8.81. The molecule has 2 amide bonds. The van der Waals surface area contributed by atoms with Gasteiger partial charge in [-0.1, -0.05) is 54.1 Å². The molecule has 11 heteroatoms. The van der Waals surface area contributed by atoms with Crippen molar-refractivity contribution in [1.29, 1.82) is 0 Å². The van der Waals surface area contributed by atoms with Crippen LogP contribution in [0.2, 0.25) is 0 Å². The number of phenols is 1. The van der Waals surface area contributed by atoms with Gasteiger partial charge in [-0.25, -0.2) is 14.8 Å². The lowest BCUT2D eigenvalue weighted by Gasteiger charge is -2.23. The molecule has 2 aliphatic rings. The van der Waals surface area contributed by atoms with Gasteiger partial charge in [-0.05, 0) is 67.8 Å². The fourth-order valence-corrected chi connectivity index (χ4v) is 6.54. The molecular formula is C37H31N5O6. The number of carboxylic acids is 1. The van der Waals surface area contributed by atoms with E-state index in [0.717, 1.165) is 27.9 Å². The average molecular weight is 642 g/mol. The Morgan fingerprint density at radius 2 is 1.73 bits per heavy atom. The number of amides is 2. The summed E-state index contributed by atoms with van der Waals surface area (Å²) in [5.74, 6) is -1.93. The molecule has 3 heterocycles. The summed E-state index contributed by atoms with van der Waals surface area (Å²) >= 11 is 0. The van der Waals surface area contributed by atoms with Gasteiger partial charge in [0.15, 0.2) is 0 Å². The number of aromatic hydroxyl groups is 1. The number of anilines is 1. The third-order valence-corrected chi connectivity index (χ3v) is 8.81. The van der Waals surface area contributed by atoms with Gasteiger partial charge < -0.3 is 20.4 Å². The zero-order valence-corrected chi connectivity index (χ0v) is 26.2. The van der Waals surface area contributed by atoms with E-state index in [9.17, 15) is 29.4 Å². The number of hydrogen-bond acceptors (Lipinski definition) is 7. The number of nitrogens with zero attached hydrogens (tertiary/aromatic N) is 4. The number of phenolic OH excluding ortho intramolecular Hbond substituents is 1. The first-order valence-corrected chi connectivity index (χ1v) is 15.5. The van der Waals surface area contributed by atoms with Gasteiger partial charge in [0, 0.05) is 29.7 Å². The van der Waals surface area contributed by atoms with E-state index in [4.69, 9.17) is 4.99 Å². The zero-order chi connectivity index (χ0) is 33.7.